The molecule has 0 unspecified atom stereocenters. The zero-order chi connectivity index (χ0) is 17.9. The van der Waals surface area contributed by atoms with Gasteiger partial charge in [0.1, 0.15) is 0 Å². The van der Waals surface area contributed by atoms with Crippen LogP contribution in [0.1, 0.15) is 54.9 Å². The molecule has 2 amide bonds. The topological polar surface area (TPSA) is 60.9 Å². The summed E-state index contributed by atoms with van der Waals surface area (Å²) in [4.78, 5) is 28.6. The summed E-state index contributed by atoms with van der Waals surface area (Å²) in [6.45, 7) is 4.30. The molecule has 2 fully saturated rings. The molecule has 1 saturated heterocycles. The lowest BCUT2D eigenvalue weighted by Gasteiger charge is -2.36. The number of hydrogen-bond donors (Lipinski definition) is 1. The molecule has 0 aromatic heterocycles. The smallest absolute Gasteiger partial charge is 0.253 e. The monoisotopic (exact) mass is 344 g/mol. The summed E-state index contributed by atoms with van der Waals surface area (Å²) >= 11 is 0. The van der Waals surface area contributed by atoms with Gasteiger partial charge in [-0.1, -0.05) is 31.9 Å². The summed E-state index contributed by atoms with van der Waals surface area (Å²) in [6.07, 6.45) is 4.64. The van der Waals surface area contributed by atoms with Gasteiger partial charge in [0.15, 0.2) is 0 Å². The number of nitrogens with zero attached hydrogens (tertiary/aromatic N) is 2. The average Bonchev–Trinajstić information content (AvgIpc) is 3.07. The number of benzene rings is 1. The minimum Gasteiger partial charge on any atom is -0.389 e. The summed E-state index contributed by atoms with van der Waals surface area (Å²) < 4.78 is 0. The third-order valence-electron chi connectivity index (χ3n) is 5.54. The van der Waals surface area contributed by atoms with Gasteiger partial charge < -0.3 is 14.9 Å². The third-order valence-corrected chi connectivity index (χ3v) is 5.54. The molecule has 0 atom stereocenters. The van der Waals surface area contributed by atoms with Crippen LogP contribution in [0.4, 0.5) is 0 Å². The van der Waals surface area contributed by atoms with E-state index in [0.29, 0.717) is 31.7 Å². The van der Waals surface area contributed by atoms with E-state index in [1.165, 1.54) is 5.56 Å². The third kappa shape index (κ3) is 4.21. The van der Waals surface area contributed by atoms with E-state index in [2.05, 4.69) is 6.92 Å². The van der Waals surface area contributed by atoms with Gasteiger partial charge in [-0.25, -0.2) is 0 Å². The van der Waals surface area contributed by atoms with Crippen molar-refractivity contribution in [2.45, 2.75) is 51.0 Å². The first-order valence-electron chi connectivity index (χ1n) is 9.39. The predicted octanol–water partition coefficient (Wildman–Crippen LogP) is 2.23. The second kappa shape index (κ2) is 7.56. The maximum absolute atomic E-state index is 12.6. The first-order valence-corrected chi connectivity index (χ1v) is 9.39. The Hall–Kier alpha value is -1.88. The molecule has 1 heterocycles. The second-order valence-corrected chi connectivity index (χ2v) is 7.33. The molecule has 1 aliphatic heterocycles. The molecular formula is C20H28N2O3. The van der Waals surface area contributed by atoms with Crippen molar-refractivity contribution in [3.05, 3.63) is 35.4 Å². The van der Waals surface area contributed by atoms with Gasteiger partial charge in [0.05, 0.1) is 12.0 Å². The first kappa shape index (κ1) is 17.9. The highest BCUT2D eigenvalue weighted by Gasteiger charge is 2.35. The van der Waals surface area contributed by atoms with Crippen molar-refractivity contribution in [2.75, 3.05) is 26.2 Å². The molecule has 3 rings (SSSR count). The maximum Gasteiger partial charge on any atom is 0.253 e. The van der Waals surface area contributed by atoms with E-state index >= 15 is 0 Å². The summed E-state index contributed by atoms with van der Waals surface area (Å²) in [5.74, 6) is 0.0490. The number of piperazine rings is 1. The normalized spacial score (nSPS) is 19.9. The highest BCUT2D eigenvalue weighted by Crippen LogP contribution is 2.32. The fraction of sp³-hybridized carbons (Fsp3) is 0.600. The van der Waals surface area contributed by atoms with Crippen molar-refractivity contribution in [3.8, 4) is 0 Å². The van der Waals surface area contributed by atoms with Crippen LogP contribution in [-0.2, 0) is 11.2 Å². The van der Waals surface area contributed by atoms with E-state index in [1.54, 1.807) is 4.90 Å². The summed E-state index contributed by atoms with van der Waals surface area (Å²) in [6, 6.07) is 7.76. The van der Waals surface area contributed by atoms with Crippen molar-refractivity contribution in [2.24, 2.45) is 0 Å². The van der Waals surface area contributed by atoms with Gasteiger partial charge in [0.2, 0.25) is 5.91 Å². The number of carbonyl (C=O) groups excluding carboxylic acids is 2. The van der Waals surface area contributed by atoms with Crippen LogP contribution in [0.25, 0.3) is 0 Å². The van der Waals surface area contributed by atoms with Crippen molar-refractivity contribution in [1.82, 2.24) is 9.80 Å². The van der Waals surface area contributed by atoms with Crippen LogP contribution >= 0.6 is 0 Å². The molecule has 1 aromatic rings. The lowest BCUT2D eigenvalue weighted by molar-refractivity contribution is -0.137. The molecule has 136 valence electrons. The SMILES string of the molecule is CCc1ccc(C(=O)N2CCN(C(=O)CC3(O)CCCC3)CC2)cc1. The molecule has 1 aliphatic carbocycles. The Kier molecular flexibility index (Phi) is 5.42. The Balaban J connectivity index is 1.52. The summed E-state index contributed by atoms with van der Waals surface area (Å²) in [7, 11) is 0. The zero-order valence-corrected chi connectivity index (χ0v) is 15.0. The van der Waals surface area contributed by atoms with E-state index < -0.39 is 5.60 Å². The van der Waals surface area contributed by atoms with Gasteiger partial charge in [-0.05, 0) is 37.0 Å². The van der Waals surface area contributed by atoms with Gasteiger partial charge in [-0.3, -0.25) is 9.59 Å². The number of hydrogen-bond acceptors (Lipinski definition) is 3. The van der Waals surface area contributed by atoms with Crippen LogP contribution < -0.4 is 0 Å². The predicted molar refractivity (Wildman–Crippen MR) is 96.3 cm³/mol. The standard InChI is InChI=1S/C20H28N2O3/c1-2-16-5-7-17(8-6-16)19(24)22-13-11-21(12-14-22)18(23)15-20(25)9-3-4-10-20/h5-8,25H,2-4,9-15H2,1H3. The molecule has 25 heavy (non-hydrogen) atoms. The van der Waals surface area contributed by atoms with Gasteiger partial charge in [0, 0.05) is 31.7 Å². The molecule has 5 heteroatoms. The lowest BCUT2D eigenvalue weighted by Crippen LogP contribution is -2.51. The zero-order valence-electron chi connectivity index (χ0n) is 15.0. The van der Waals surface area contributed by atoms with E-state index in [4.69, 9.17) is 0 Å². The van der Waals surface area contributed by atoms with Crippen molar-refractivity contribution < 1.29 is 14.7 Å². The van der Waals surface area contributed by atoms with E-state index in [9.17, 15) is 14.7 Å². The molecule has 0 radical (unpaired) electrons. The molecule has 0 spiro atoms. The number of rotatable bonds is 4. The number of carbonyl (C=O) groups is 2. The Morgan fingerprint density at radius 2 is 1.56 bits per heavy atom. The second-order valence-electron chi connectivity index (χ2n) is 7.33. The van der Waals surface area contributed by atoms with Gasteiger partial charge >= 0.3 is 0 Å². The van der Waals surface area contributed by atoms with E-state index in [0.717, 1.165) is 32.1 Å². The van der Waals surface area contributed by atoms with E-state index in [1.807, 2.05) is 29.2 Å². The largest absolute Gasteiger partial charge is 0.389 e. The fourth-order valence-corrected chi connectivity index (χ4v) is 3.83. The summed E-state index contributed by atoms with van der Waals surface area (Å²) in [5, 5.41) is 10.4. The quantitative estimate of drug-likeness (QED) is 0.911. The van der Waals surface area contributed by atoms with Gasteiger partial charge in [-0.2, -0.15) is 0 Å². The minimum atomic E-state index is -0.801. The first-order chi connectivity index (χ1) is 12.0. The van der Waals surface area contributed by atoms with Crippen LogP contribution in [0.5, 0.6) is 0 Å². The van der Waals surface area contributed by atoms with Crippen molar-refractivity contribution in [3.63, 3.8) is 0 Å². The molecule has 0 bridgehead atoms. The van der Waals surface area contributed by atoms with Gasteiger partial charge in [-0.15, -0.1) is 0 Å². The number of aryl methyl sites for hydroxylation is 1. The van der Waals surface area contributed by atoms with Crippen molar-refractivity contribution in [1.29, 1.82) is 0 Å². The molecular weight excluding hydrogens is 316 g/mol. The number of aliphatic hydroxyl groups is 1. The fourth-order valence-electron chi connectivity index (χ4n) is 3.83. The molecule has 1 saturated carbocycles. The Morgan fingerprint density at radius 3 is 2.12 bits per heavy atom. The maximum atomic E-state index is 12.6. The highest BCUT2D eigenvalue weighted by molar-refractivity contribution is 5.94. The Bertz CT molecular complexity index is 612. The van der Waals surface area contributed by atoms with Crippen LogP contribution in [0.2, 0.25) is 0 Å². The van der Waals surface area contributed by atoms with Crippen LogP contribution in [0.15, 0.2) is 24.3 Å². The molecule has 2 aliphatic rings. The molecule has 1 aromatic carbocycles. The summed E-state index contributed by atoms with van der Waals surface area (Å²) in [5.41, 5.74) is 1.12. The van der Waals surface area contributed by atoms with Gasteiger partial charge in [0.25, 0.3) is 5.91 Å². The Morgan fingerprint density at radius 1 is 1.00 bits per heavy atom. The van der Waals surface area contributed by atoms with E-state index in [-0.39, 0.29) is 18.2 Å². The number of amides is 2. The lowest BCUT2D eigenvalue weighted by atomic mass is 9.97. The van der Waals surface area contributed by atoms with Crippen molar-refractivity contribution >= 4 is 11.8 Å². The minimum absolute atomic E-state index is 0.0174. The van der Waals surface area contributed by atoms with Crippen LogP contribution in [0.3, 0.4) is 0 Å². The average molecular weight is 344 g/mol. The van der Waals surface area contributed by atoms with Crippen LogP contribution in [-0.4, -0.2) is 58.5 Å². The molecule has 1 N–H and O–H groups in total. The van der Waals surface area contributed by atoms with Crippen LogP contribution in [0, 0.1) is 0 Å². The highest BCUT2D eigenvalue weighted by atomic mass is 16.3. The Labute approximate surface area is 149 Å². The molecule has 5 nitrogen and oxygen atoms in total.